The highest BCUT2D eigenvalue weighted by Crippen LogP contribution is 2.32. The number of carbonyl (C=O) groups is 1. The van der Waals surface area contributed by atoms with Crippen molar-refractivity contribution in [2.24, 2.45) is 0 Å². The molecule has 2 aliphatic heterocycles. The first kappa shape index (κ1) is 16.8. The van der Waals surface area contributed by atoms with Crippen molar-refractivity contribution in [1.29, 1.82) is 0 Å². The monoisotopic (exact) mass is 360 g/mol. The van der Waals surface area contributed by atoms with E-state index in [4.69, 9.17) is 9.47 Å². The molecule has 0 N–H and O–H groups in total. The van der Waals surface area contributed by atoms with Crippen LogP contribution in [0.15, 0.2) is 36.4 Å². The Hall–Kier alpha value is -2.67. The van der Waals surface area contributed by atoms with E-state index in [9.17, 15) is 13.6 Å². The molecule has 0 aromatic heterocycles. The Bertz CT molecular complexity index is 836. The summed E-state index contributed by atoms with van der Waals surface area (Å²) in [6.07, 6.45) is 0. The Labute approximate surface area is 149 Å². The summed E-state index contributed by atoms with van der Waals surface area (Å²) in [6.45, 7) is 2.77. The van der Waals surface area contributed by atoms with Gasteiger partial charge in [0.15, 0.2) is 11.5 Å². The normalized spacial score (nSPS) is 16.8. The van der Waals surface area contributed by atoms with Crippen LogP contribution in [0.1, 0.15) is 15.9 Å². The Morgan fingerprint density at radius 1 is 0.962 bits per heavy atom. The molecule has 0 bridgehead atoms. The van der Waals surface area contributed by atoms with Crippen molar-refractivity contribution in [2.75, 3.05) is 33.0 Å². The predicted molar refractivity (Wildman–Crippen MR) is 90.1 cm³/mol. The zero-order valence-corrected chi connectivity index (χ0v) is 14.1. The van der Waals surface area contributed by atoms with E-state index in [2.05, 4.69) is 0 Å². The highest BCUT2D eigenvalue weighted by molar-refractivity contribution is 5.95. The quantitative estimate of drug-likeness (QED) is 0.844. The van der Waals surface area contributed by atoms with Gasteiger partial charge in [-0.15, -0.1) is 0 Å². The molecule has 0 saturated carbocycles. The average molecular weight is 360 g/mol. The first-order valence-corrected chi connectivity index (χ1v) is 8.45. The molecule has 26 heavy (non-hydrogen) atoms. The largest absolute Gasteiger partial charge is 0.454 e. The van der Waals surface area contributed by atoms with Crippen molar-refractivity contribution in [2.45, 2.75) is 6.54 Å². The molecule has 0 unspecified atom stereocenters. The lowest BCUT2D eigenvalue weighted by molar-refractivity contribution is 0.0626. The maximum Gasteiger partial charge on any atom is 0.254 e. The lowest BCUT2D eigenvalue weighted by atomic mass is 10.1. The molecule has 2 aromatic rings. The smallest absolute Gasteiger partial charge is 0.254 e. The summed E-state index contributed by atoms with van der Waals surface area (Å²) in [7, 11) is 0. The molecule has 0 radical (unpaired) electrons. The van der Waals surface area contributed by atoms with Crippen LogP contribution in [0.25, 0.3) is 0 Å². The van der Waals surface area contributed by atoms with Gasteiger partial charge in [0.25, 0.3) is 5.91 Å². The van der Waals surface area contributed by atoms with E-state index < -0.39 is 11.6 Å². The molecule has 2 aromatic carbocycles. The second-order valence-electron chi connectivity index (χ2n) is 6.37. The number of fused-ring (bicyclic) bond motifs is 1. The highest BCUT2D eigenvalue weighted by Gasteiger charge is 2.24. The molecule has 0 spiro atoms. The number of ether oxygens (including phenoxy) is 2. The molecule has 136 valence electrons. The fourth-order valence-electron chi connectivity index (χ4n) is 3.23. The van der Waals surface area contributed by atoms with Crippen molar-refractivity contribution in [3.63, 3.8) is 0 Å². The lowest BCUT2D eigenvalue weighted by Gasteiger charge is -2.34. The van der Waals surface area contributed by atoms with Crippen molar-refractivity contribution in [1.82, 2.24) is 9.80 Å². The Morgan fingerprint density at radius 3 is 2.54 bits per heavy atom. The van der Waals surface area contributed by atoms with Gasteiger partial charge in [0.1, 0.15) is 11.6 Å². The topological polar surface area (TPSA) is 42.0 Å². The minimum Gasteiger partial charge on any atom is -0.454 e. The zero-order chi connectivity index (χ0) is 18.1. The Balaban J connectivity index is 1.37. The van der Waals surface area contributed by atoms with Crippen LogP contribution in [0.4, 0.5) is 8.78 Å². The van der Waals surface area contributed by atoms with Crippen LogP contribution in [-0.4, -0.2) is 48.7 Å². The van der Waals surface area contributed by atoms with Crippen molar-refractivity contribution in [3.05, 3.63) is 59.2 Å². The van der Waals surface area contributed by atoms with Crippen LogP contribution in [-0.2, 0) is 6.54 Å². The van der Waals surface area contributed by atoms with E-state index in [-0.39, 0.29) is 12.7 Å². The molecular formula is C19H18F2N2O3. The van der Waals surface area contributed by atoms with Gasteiger partial charge in [0.05, 0.1) is 0 Å². The number of hydrogen-bond donors (Lipinski definition) is 0. The maximum absolute atomic E-state index is 13.8. The summed E-state index contributed by atoms with van der Waals surface area (Å²) in [6, 6.07) is 8.63. The summed E-state index contributed by atoms with van der Waals surface area (Å²) >= 11 is 0. The van der Waals surface area contributed by atoms with Crippen molar-refractivity contribution in [3.8, 4) is 11.5 Å². The second-order valence-corrected chi connectivity index (χ2v) is 6.37. The standard InChI is InChI=1S/C19H18F2N2O3/c20-15-2-3-16(21)14(9-15)11-22-5-7-23(8-6-22)19(24)13-1-4-17-18(10-13)26-12-25-17/h1-4,9-10H,5-8,11-12H2. The fourth-order valence-corrected chi connectivity index (χ4v) is 3.23. The van der Waals surface area contributed by atoms with Gasteiger partial charge < -0.3 is 14.4 Å². The van der Waals surface area contributed by atoms with Gasteiger partial charge >= 0.3 is 0 Å². The number of halogens is 2. The number of amides is 1. The number of piperazine rings is 1. The van der Waals surface area contributed by atoms with E-state index in [1.807, 2.05) is 4.90 Å². The van der Waals surface area contributed by atoms with Gasteiger partial charge in [0, 0.05) is 43.9 Å². The van der Waals surface area contributed by atoms with E-state index in [0.29, 0.717) is 55.3 Å². The number of rotatable bonds is 3. The summed E-state index contributed by atoms with van der Waals surface area (Å²) in [5, 5.41) is 0. The molecular weight excluding hydrogens is 342 g/mol. The fraction of sp³-hybridized carbons (Fsp3) is 0.316. The number of carbonyl (C=O) groups excluding carboxylic acids is 1. The molecule has 0 atom stereocenters. The van der Waals surface area contributed by atoms with Gasteiger partial charge in [-0.05, 0) is 36.4 Å². The van der Waals surface area contributed by atoms with Crippen LogP contribution < -0.4 is 9.47 Å². The van der Waals surface area contributed by atoms with Gasteiger partial charge in [0.2, 0.25) is 6.79 Å². The van der Waals surface area contributed by atoms with E-state index in [1.165, 1.54) is 6.07 Å². The summed E-state index contributed by atoms with van der Waals surface area (Å²) < 4.78 is 37.6. The molecule has 4 rings (SSSR count). The van der Waals surface area contributed by atoms with Crippen LogP contribution in [0, 0.1) is 11.6 Å². The van der Waals surface area contributed by atoms with E-state index >= 15 is 0 Å². The predicted octanol–water partition coefficient (Wildman–Crippen LogP) is 2.65. The third kappa shape index (κ3) is 3.35. The van der Waals surface area contributed by atoms with Crippen molar-refractivity contribution >= 4 is 5.91 Å². The van der Waals surface area contributed by atoms with Crippen LogP contribution in [0.3, 0.4) is 0 Å². The van der Waals surface area contributed by atoms with Crippen LogP contribution >= 0.6 is 0 Å². The van der Waals surface area contributed by atoms with E-state index in [1.54, 1.807) is 23.1 Å². The third-order valence-electron chi connectivity index (χ3n) is 4.68. The Kier molecular flexibility index (Phi) is 4.46. The summed E-state index contributed by atoms with van der Waals surface area (Å²) in [5.74, 6) is 0.294. The first-order chi connectivity index (χ1) is 12.6. The molecule has 7 heteroatoms. The minimum atomic E-state index is -0.446. The Morgan fingerprint density at radius 2 is 1.73 bits per heavy atom. The molecule has 5 nitrogen and oxygen atoms in total. The number of nitrogens with zero attached hydrogens (tertiary/aromatic N) is 2. The second kappa shape index (κ2) is 6.92. The first-order valence-electron chi connectivity index (χ1n) is 8.45. The lowest BCUT2D eigenvalue weighted by Crippen LogP contribution is -2.48. The molecule has 0 aliphatic carbocycles. The highest BCUT2D eigenvalue weighted by atomic mass is 19.1. The maximum atomic E-state index is 13.8. The van der Waals surface area contributed by atoms with E-state index in [0.717, 1.165) is 12.1 Å². The summed E-state index contributed by atoms with van der Waals surface area (Å²) in [4.78, 5) is 16.4. The summed E-state index contributed by atoms with van der Waals surface area (Å²) in [5.41, 5.74) is 0.888. The van der Waals surface area contributed by atoms with Gasteiger partial charge in [-0.25, -0.2) is 8.78 Å². The molecule has 1 saturated heterocycles. The van der Waals surface area contributed by atoms with Gasteiger partial charge in [-0.3, -0.25) is 9.69 Å². The molecule has 1 fully saturated rings. The molecule has 1 amide bonds. The number of hydrogen-bond acceptors (Lipinski definition) is 4. The van der Waals surface area contributed by atoms with Crippen molar-refractivity contribution < 1.29 is 23.0 Å². The molecule has 2 aliphatic rings. The van der Waals surface area contributed by atoms with Gasteiger partial charge in [-0.2, -0.15) is 0 Å². The SMILES string of the molecule is O=C(c1ccc2c(c1)OCO2)N1CCN(Cc2cc(F)ccc2F)CC1. The average Bonchev–Trinajstić information content (AvgIpc) is 3.12. The zero-order valence-electron chi connectivity index (χ0n) is 14.1. The van der Waals surface area contributed by atoms with Crippen LogP contribution in [0.5, 0.6) is 11.5 Å². The minimum absolute atomic E-state index is 0.0695. The number of benzene rings is 2. The van der Waals surface area contributed by atoms with Gasteiger partial charge in [-0.1, -0.05) is 0 Å². The third-order valence-corrected chi connectivity index (χ3v) is 4.68. The molecule has 2 heterocycles. The van der Waals surface area contributed by atoms with Crippen LogP contribution in [0.2, 0.25) is 0 Å².